The quantitative estimate of drug-likeness (QED) is 0.741. The summed E-state index contributed by atoms with van der Waals surface area (Å²) in [4.78, 5) is 0. The molecule has 0 amide bonds. The molecule has 2 atom stereocenters. The summed E-state index contributed by atoms with van der Waals surface area (Å²) in [7, 11) is 0. The van der Waals surface area contributed by atoms with Crippen LogP contribution in [0, 0.1) is 11.6 Å². The molecule has 0 fully saturated rings. The normalized spacial score (nSPS) is 14.6. The van der Waals surface area contributed by atoms with Gasteiger partial charge in [0, 0.05) is 17.6 Å². The van der Waals surface area contributed by atoms with Crippen molar-refractivity contribution in [1.82, 2.24) is 5.32 Å². The van der Waals surface area contributed by atoms with Gasteiger partial charge in [0.1, 0.15) is 11.6 Å². The predicted octanol–water partition coefficient (Wildman–Crippen LogP) is 5.40. The van der Waals surface area contributed by atoms with Gasteiger partial charge in [-0.05, 0) is 49.7 Å². The zero-order valence-corrected chi connectivity index (χ0v) is 12.6. The van der Waals surface area contributed by atoms with Crippen molar-refractivity contribution in [1.29, 1.82) is 0 Å². The average molecular weight is 329 g/mol. The Bertz CT molecular complexity index is 664. The van der Waals surface area contributed by atoms with Crippen LogP contribution < -0.4 is 5.32 Å². The summed E-state index contributed by atoms with van der Waals surface area (Å²) in [5, 5.41) is 3.05. The fraction of sp³-hybridized carbons (Fsp3) is 0.294. The summed E-state index contributed by atoms with van der Waals surface area (Å²) in [6.45, 7) is 3.41. The zero-order valence-electron chi connectivity index (χ0n) is 12.6. The molecule has 2 aromatic rings. The average Bonchev–Trinajstić information content (AvgIpc) is 2.48. The maximum absolute atomic E-state index is 13.7. The molecule has 6 heteroatoms. The molecule has 2 aromatic carbocycles. The topological polar surface area (TPSA) is 12.0 Å². The molecule has 2 unspecified atom stereocenters. The first-order chi connectivity index (χ1) is 10.7. The van der Waals surface area contributed by atoms with E-state index in [4.69, 9.17) is 0 Å². The van der Waals surface area contributed by atoms with Crippen LogP contribution in [0.2, 0.25) is 0 Å². The molecule has 0 saturated carbocycles. The van der Waals surface area contributed by atoms with Gasteiger partial charge in [-0.15, -0.1) is 0 Å². The summed E-state index contributed by atoms with van der Waals surface area (Å²) in [5.41, 5.74) is 0.0723. The van der Waals surface area contributed by atoms with Crippen LogP contribution in [-0.4, -0.2) is 0 Å². The maximum Gasteiger partial charge on any atom is 0.416 e. The van der Waals surface area contributed by atoms with E-state index in [1.54, 1.807) is 13.8 Å². The molecule has 1 nitrogen and oxygen atoms in total. The van der Waals surface area contributed by atoms with E-state index in [1.165, 1.54) is 12.1 Å². The second kappa shape index (κ2) is 6.66. The Hall–Kier alpha value is -1.95. The van der Waals surface area contributed by atoms with Crippen molar-refractivity contribution in [2.45, 2.75) is 32.1 Å². The molecule has 0 aliphatic rings. The molecule has 0 aromatic heterocycles. The lowest BCUT2D eigenvalue weighted by atomic mass is 10.0. The molecule has 0 heterocycles. The van der Waals surface area contributed by atoms with Crippen LogP contribution in [0.5, 0.6) is 0 Å². The number of hydrogen-bond donors (Lipinski definition) is 1. The van der Waals surface area contributed by atoms with Gasteiger partial charge in [0.25, 0.3) is 0 Å². The van der Waals surface area contributed by atoms with Gasteiger partial charge in [0.05, 0.1) is 5.56 Å². The Kier molecular flexibility index (Phi) is 5.04. The van der Waals surface area contributed by atoms with Crippen molar-refractivity contribution in [3.8, 4) is 0 Å². The molecule has 0 bridgehead atoms. The molecule has 0 saturated heterocycles. The van der Waals surface area contributed by atoms with Crippen molar-refractivity contribution in [3.63, 3.8) is 0 Å². The lowest BCUT2D eigenvalue weighted by molar-refractivity contribution is -0.137. The monoisotopic (exact) mass is 329 g/mol. The van der Waals surface area contributed by atoms with Gasteiger partial charge in [-0.1, -0.05) is 12.1 Å². The fourth-order valence-corrected chi connectivity index (χ4v) is 2.37. The number of rotatable bonds is 4. The Morgan fingerprint density at radius 3 is 2.04 bits per heavy atom. The first kappa shape index (κ1) is 17.4. The van der Waals surface area contributed by atoms with Crippen LogP contribution in [0.3, 0.4) is 0 Å². The number of alkyl halides is 3. The second-order valence-corrected chi connectivity index (χ2v) is 5.40. The Balaban J connectivity index is 2.12. The lowest BCUT2D eigenvalue weighted by Crippen LogP contribution is -2.23. The maximum atomic E-state index is 13.7. The van der Waals surface area contributed by atoms with Gasteiger partial charge in [-0.3, -0.25) is 0 Å². The Labute approximate surface area is 131 Å². The van der Waals surface area contributed by atoms with Crippen LogP contribution in [-0.2, 0) is 6.18 Å². The van der Waals surface area contributed by atoms with E-state index < -0.39 is 29.4 Å². The smallest absolute Gasteiger partial charge is 0.304 e. The minimum absolute atomic E-state index is 0.170. The standard InChI is InChI=1S/C17H16F5N/c1-10(12-3-5-13(6-4-12)17(20,21)22)23-11(2)15-9-14(18)7-8-16(15)19/h3-11,23H,1-2H3. The molecule has 0 spiro atoms. The van der Waals surface area contributed by atoms with Crippen molar-refractivity contribution < 1.29 is 22.0 Å². The third-order valence-corrected chi connectivity index (χ3v) is 3.66. The Morgan fingerprint density at radius 1 is 0.870 bits per heavy atom. The SMILES string of the molecule is CC(NC(C)c1cc(F)ccc1F)c1ccc(C(F)(F)F)cc1. The van der Waals surface area contributed by atoms with E-state index in [0.29, 0.717) is 5.56 Å². The number of hydrogen-bond acceptors (Lipinski definition) is 1. The van der Waals surface area contributed by atoms with Gasteiger partial charge in [0.2, 0.25) is 0 Å². The van der Waals surface area contributed by atoms with E-state index >= 15 is 0 Å². The van der Waals surface area contributed by atoms with Crippen LogP contribution in [0.25, 0.3) is 0 Å². The molecule has 1 N–H and O–H groups in total. The van der Waals surface area contributed by atoms with Crippen LogP contribution in [0.4, 0.5) is 22.0 Å². The highest BCUT2D eigenvalue weighted by Gasteiger charge is 2.30. The molecule has 23 heavy (non-hydrogen) atoms. The van der Waals surface area contributed by atoms with Crippen molar-refractivity contribution in [3.05, 3.63) is 70.8 Å². The number of nitrogens with one attached hydrogen (secondary N) is 1. The molecular formula is C17H16F5N. The number of halogens is 5. The first-order valence-corrected chi connectivity index (χ1v) is 7.06. The summed E-state index contributed by atoms with van der Waals surface area (Å²) >= 11 is 0. The van der Waals surface area contributed by atoms with Crippen molar-refractivity contribution in [2.75, 3.05) is 0 Å². The molecule has 0 radical (unpaired) electrons. The van der Waals surface area contributed by atoms with Crippen molar-refractivity contribution in [2.24, 2.45) is 0 Å². The van der Waals surface area contributed by atoms with E-state index in [0.717, 1.165) is 30.3 Å². The third-order valence-electron chi connectivity index (χ3n) is 3.66. The lowest BCUT2D eigenvalue weighted by Gasteiger charge is -2.21. The minimum atomic E-state index is -4.38. The summed E-state index contributed by atoms with van der Waals surface area (Å²) in [6.07, 6.45) is -4.38. The van der Waals surface area contributed by atoms with Gasteiger partial charge in [-0.2, -0.15) is 13.2 Å². The molecule has 0 aliphatic heterocycles. The highest BCUT2D eigenvalue weighted by Crippen LogP contribution is 2.30. The summed E-state index contributed by atoms with van der Waals surface area (Å²) < 4.78 is 64.6. The minimum Gasteiger partial charge on any atom is -0.304 e. The van der Waals surface area contributed by atoms with Gasteiger partial charge in [-0.25, -0.2) is 8.78 Å². The fourth-order valence-electron chi connectivity index (χ4n) is 2.37. The second-order valence-electron chi connectivity index (χ2n) is 5.40. The van der Waals surface area contributed by atoms with Gasteiger partial charge >= 0.3 is 6.18 Å². The van der Waals surface area contributed by atoms with Crippen molar-refractivity contribution >= 4 is 0 Å². The third kappa shape index (κ3) is 4.28. The highest BCUT2D eigenvalue weighted by molar-refractivity contribution is 5.27. The van der Waals surface area contributed by atoms with Crippen LogP contribution >= 0.6 is 0 Å². The van der Waals surface area contributed by atoms with E-state index in [2.05, 4.69) is 5.32 Å². The highest BCUT2D eigenvalue weighted by atomic mass is 19.4. The van der Waals surface area contributed by atoms with Gasteiger partial charge in [0.15, 0.2) is 0 Å². The molecular weight excluding hydrogens is 313 g/mol. The van der Waals surface area contributed by atoms with E-state index in [9.17, 15) is 22.0 Å². The number of benzene rings is 2. The largest absolute Gasteiger partial charge is 0.416 e. The van der Waals surface area contributed by atoms with Gasteiger partial charge < -0.3 is 5.32 Å². The summed E-state index contributed by atoms with van der Waals surface area (Å²) in [5.74, 6) is -1.08. The van der Waals surface area contributed by atoms with Crippen LogP contribution in [0.15, 0.2) is 42.5 Å². The van der Waals surface area contributed by atoms with E-state index in [-0.39, 0.29) is 11.6 Å². The molecule has 0 aliphatic carbocycles. The predicted molar refractivity (Wildman–Crippen MR) is 77.8 cm³/mol. The zero-order chi connectivity index (χ0) is 17.2. The first-order valence-electron chi connectivity index (χ1n) is 7.06. The molecule has 124 valence electrons. The van der Waals surface area contributed by atoms with Crippen LogP contribution in [0.1, 0.15) is 42.6 Å². The molecule has 2 rings (SSSR count). The Morgan fingerprint density at radius 2 is 1.48 bits per heavy atom. The van der Waals surface area contributed by atoms with E-state index in [1.807, 2.05) is 0 Å². The summed E-state index contributed by atoms with van der Waals surface area (Å²) in [6, 6.07) is 7.10.